The molecule has 2 aromatic rings. The van der Waals surface area contributed by atoms with E-state index in [1.165, 1.54) is 0 Å². The van der Waals surface area contributed by atoms with Crippen molar-refractivity contribution in [3.63, 3.8) is 0 Å². The molecule has 1 aliphatic heterocycles. The van der Waals surface area contributed by atoms with Gasteiger partial charge in [0.15, 0.2) is 5.96 Å². The molecule has 2 N–H and O–H groups in total. The van der Waals surface area contributed by atoms with Crippen LogP contribution in [-0.2, 0) is 6.54 Å². The molecule has 3 rings (SSSR count). The van der Waals surface area contributed by atoms with Crippen LogP contribution in [0.4, 0.5) is 0 Å². The molecule has 1 aromatic carbocycles. The zero-order valence-corrected chi connectivity index (χ0v) is 14.4. The number of para-hydroxylation sites is 1. The van der Waals surface area contributed by atoms with Gasteiger partial charge in [0.2, 0.25) is 0 Å². The molecular weight excluding hydrogens is 304 g/mol. The molecule has 6 nitrogen and oxygen atoms in total. The maximum Gasteiger partial charge on any atom is 0.192 e. The van der Waals surface area contributed by atoms with Gasteiger partial charge in [0.1, 0.15) is 23.3 Å². The summed E-state index contributed by atoms with van der Waals surface area (Å²) in [7, 11) is 0. The highest BCUT2D eigenvalue weighted by molar-refractivity contribution is 5.80. The van der Waals surface area contributed by atoms with E-state index in [1.54, 1.807) is 6.26 Å². The Morgan fingerprint density at radius 2 is 2.17 bits per heavy atom. The Kier molecular flexibility index (Phi) is 4.74. The van der Waals surface area contributed by atoms with E-state index in [0.29, 0.717) is 6.54 Å². The quantitative estimate of drug-likeness (QED) is 0.667. The van der Waals surface area contributed by atoms with Crippen LogP contribution in [0.5, 0.6) is 5.75 Å². The first-order valence-electron chi connectivity index (χ1n) is 8.29. The Morgan fingerprint density at radius 3 is 2.92 bits per heavy atom. The van der Waals surface area contributed by atoms with E-state index >= 15 is 0 Å². The van der Waals surface area contributed by atoms with E-state index in [4.69, 9.17) is 9.26 Å². The SMILES string of the molecule is CCNC(=NCc1ccon1)NC1CC(C)(C)Oc2ccccc21. The molecule has 0 saturated heterocycles. The normalized spacial score (nSPS) is 19.3. The van der Waals surface area contributed by atoms with Crippen LogP contribution in [0.3, 0.4) is 0 Å². The van der Waals surface area contributed by atoms with Gasteiger partial charge in [0.25, 0.3) is 0 Å². The fourth-order valence-electron chi connectivity index (χ4n) is 2.90. The largest absolute Gasteiger partial charge is 0.487 e. The first kappa shape index (κ1) is 16.4. The Labute approximate surface area is 142 Å². The molecule has 0 amide bonds. The topological polar surface area (TPSA) is 71.7 Å². The number of hydrogen-bond donors (Lipinski definition) is 2. The van der Waals surface area contributed by atoms with Gasteiger partial charge >= 0.3 is 0 Å². The lowest BCUT2D eigenvalue weighted by Crippen LogP contribution is -2.45. The van der Waals surface area contributed by atoms with Crippen molar-refractivity contribution in [2.24, 2.45) is 4.99 Å². The predicted octanol–water partition coefficient (Wildman–Crippen LogP) is 3.03. The van der Waals surface area contributed by atoms with Crippen molar-refractivity contribution in [3.05, 3.63) is 47.9 Å². The van der Waals surface area contributed by atoms with Gasteiger partial charge in [-0.25, -0.2) is 4.99 Å². The highest BCUT2D eigenvalue weighted by Crippen LogP contribution is 2.39. The molecule has 128 valence electrons. The van der Waals surface area contributed by atoms with E-state index in [9.17, 15) is 0 Å². The molecule has 1 atom stereocenters. The summed E-state index contributed by atoms with van der Waals surface area (Å²) in [6.45, 7) is 7.53. The fourth-order valence-corrected chi connectivity index (χ4v) is 2.90. The highest BCUT2D eigenvalue weighted by Gasteiger charge is 2.33. The van der Waals surface area contributed by atoms with E-state index in [0.717, 1.165) is 35.9 Å². The summed E-state index contributed by atoms with van der Waals surface area (Å²) >= 11 is 0. The summed E-state index contributed by atoms with van der Waals surface area (Å²) in [5.41, 5.74) is 1.74. The molecule has 0 radical (unpaired) electrons. The lowest BCUT2D eigenvalue weighted by Gasteiger charge is -2.38. The number of aromatic nitrogens is 1. The van der Waals surface area contributed by atoms with Crippen molar-refractivity contribution < 1.29 is 9.26 Å². The third kappa shape index (κ3) is 3.88. The average Bonchev–Trinajstić information content (AvgIpc) is 3.05. The minimum atomic E-state index is -0.227. The van der Waals surface area contributed by atoms with Crippen LogP contribution in [0.2, 0.25) is 0 Å². The second kappa shape index (κ2) is 6.95. The van der Waals surface area contributed by atoms with Crippen molar-refractivity contribution in [3.8, 4) is 5.75 Å². The molecule has 2 heterocycles. The van der Waals surface area contributed by atoms with Crippen molar-refractivity contribution in [1.82, 2.24) is 15.8 Å². The number of nitrogens with one attached hydrogen (secondary N) is 2. The number of aliphatic imine (C=N–C) groups is 1. The first-order valence-corrected chi connectivity index (χ1v) is 8.29. The van der Waals surface area contributed by atoms with Crippen molar-refractivity contribution in [2.75, 3.05) is 6.54 Å². The Hall–Kier alpha value is -2.50. The van der Waals surface area contributed by atoms with Crippen LogP contribution in [0.1, 0.15) is 44.5 Å². The second-order valence-electron chi connectivity index (χ2n) is 6.49. The number of rotatable bonds is 4. The van der Waals surface area contributed by atoms with E-state index < -0.39 is 0 Å². The number of nitrogens with zero attached hydrogens (tertiary/aromatic N) is 2. The van der Waals surface area contributed by atoms with Gasteiger partial charge in [0.05, 0.1) is 12.6 Å². The Balaban J connectivity index is 1.80. The lowest BCUT2D eigenvalue weighted by molar-refractivity contribution is 0.0694. The zero-order chi connectivity index (χ0) is 17.0. The van der Waals surface area contributed by atoms with Gasteiger partial charge in [-0.05, 0) is 26.8 Å². The summed E-state index contributed by atoms with van der Waals surface area (Å²) in [4.78, 5) is 4.60. The zero-order valence-electron chi connectivity index (χ0n) is 14.4. The lowest BCUT2D eigenvalue weighted by atomic mass is 9.90. The van der Waals surface area contributed by atoms with Crippen molar-refractivity contribution in [1.29, 1.82) is 0 Å². The van der Waals surface area contributed by atoms with Crippen LogP contribution in [-0.4, -0.2) is 23.3 Å². The summed E-state index contributed by atoms with van der Waals surface area (Å²) < 4.78 is 10.9. The van der Waals surface area contributed by atoms with Crippen LogP contribution in [0.15, 0.2) is 46.1 Å². The minimum absolute atomic E-state index is 0.139. The second-order valence-corrected chi connectivity index (χ2v) is 6.49. The van der Waals surface area contributed by atoms with Gasteiger partial charge < -0.3 is 19.9 Å². The maximum absolute atomic E-state index is 6.09. The summed E-state index contributed by atoms with van der Waals surface area (Å²) in [6, 6.07) is 10.1. The van der Waals surface area contributed by atoms with Crippen LogP contribution >= 0.6 is 0 Å². The molecule has 1 aromatic heterocycles. The number of guanidine groups is 1. The molecule has 24 heavy (non-hydrogen) atoms. The smallest absolute Gasteiger partial charge is 0.192 e. The van der Waals surface area contributed by atoms with Crippen molar-refractivity contribution in [2.45, 2.75) is 45.4 Å². The Bertz CT molecular complexity index is 695. The summed E-state index contributed by atoms with van der Waals surface area (Å²) in [5, 5.41) is 10.7. The van der Waals surface area contributed by atoms with Gasteiger partial charge in [0, 0.05) is 24.6 Å². The third-order valence-electron chi connectivity index (χ3n) is 3.92. The summed E-state index contributed by atoms with van der Waals surface area (Å²) in [6.07, 6.45) is 2.42. The fraction of sp³-hybridized carbons (Fsp3) is 0.444. The van der Waals surface area contributed by atoms with E-state index in [2.05, 4.69) is 47.6 Å². The third-order valence-corrected chi connectivity index (χ3v) is 3.92. The van der Waals surface area contributed by atoms with Crippen molar-refractivity contribution >= 4 is 5.96 Å². The van der Waals surface area contributed by atoms with E-state index in [-0.39, 0.29) is 11.6 Å². The molecule has 0 saturated carbocycles. The monoisotopic (exact) mass is 328 g/mol. The van der Waals surface area contributed by atoms with Crippen LogP contribution in [0.25, 0.3) is 0 Å². The molecular formula is C18H24N4O2. The van der Waals surface area contributed by atoms with Crippen LogP contribution in [0, 0.1) is 0 Å². The highest BCUT2D eigenvalue weighted by atomic mass is 16.5. The van der Waals surface area contributed by atoms with Crippen LogP contribution < -0.4 is 15.4 Å². The molecule has 0 aliphatic carbocycles. The molecule has 6 heteroatoms. The molecule has 0 fully saturated rings. The Morgan fingerprint density at radius 1 is 1.33 bits per heavy atom. The number of ether oxygens (including phenoxy) is 1. The minimum Gasteiger partial charge on any atom is -0.487 e. The van der Waals surface area contributed by atoms with E-state index in [1.807, 2.05) is 24.3 Å². The number of fused-ring (bicyclic) bond motifs is 1. The molecule has 0 spiro atoms. The van der Waals surface area contributed by atoms with Gasteiger partial charge in [-0.15, -0.1) is 0 Å². The van der Waals surface area contributed by atoms with Gasteiger partial charge in [-0.1, -0.05) is 23.4 Å². The molecule has 0 bridgehead atoms. The van der Waals surface area contributed by atoms with Gasteiger partial charge in [-0.3, -0.25) is 0 Å². The summed E-state index contributed by atoms with van der Waals surface area (Å²) in [5.74, 6) is 1.69. The van der Waals surface area contributed by atoms with Gasteiger partial charge in [-0.2, -0.15) is 0 Å². The number of benzene rings is 1. The number of hydrogen-bond acceptors (Lipinski definition) is 4. The predicted molar refractivity (Wildman–Crippen MR) is 93.0 cm³/mol. The molecule has 1 aliphatic rings. The standard InChI is InChI=1S/C18H24N4O2/c1-4-19-17(20-12-13-9-10-23-22-13)21-15-11-18(2,3)24-16-8-6-5-7-14(15)16/h5-10,15H,4,11-12H2,1-3H3,(H2,19,20,21). The average molecular weight is 328 g/mol. The molecule has 1 unspecified atom stereocenters. The maximum atomic E-state index is 6.09. The first-order chi connectivity index (χ1) is 11.6.